The number of benzene rings is 1. The first-order valence-corrected chi connectivity index (χ1v) is 12.1. The summed E-state index contributed by atoms with van der Waals surface area (Å²) in [6.45, 7) is 7.60. The smallest absolute Gasteiger partial charge is 0.416 e. The third-order valence-electron chi connectivity index (χ3n) is 4.37. The van der Waals surface area contributed by atoms with Crippen molar-refractivity contribution in [1.82, 2.24) is 10.1 Å². The summed E-state index contributed by atoms with van der Waals surface area (Å²) in [7, 11) is -4.14. The summed E-state index contributed by atoms with van der Waals surface area (Å²) in [5, 5.41) is 3.43. The highest BCUT2D eigenvalue weighted by atomic mass is 31.2. The summed E-state index contributed by atoms with van der Waals surface area (Å²) in [5.74, 6) is -6.58. The van der Waals surface area contributed by atoms with Gasteiger partial charge in [0.1, 0.15) is 5.60 Å². The molecule has 2 rings (SSSR count). The summed E-state index contributed by atoms with van der Waals surface area (Å²) in [6.07, 6.45) is -5.28. The zero-order valence-corrected chi connectivity index (χ0v) is 20.6. The number of hydrogen-bond acceptors (Lipinski definition) is 8. The van der Waals surface area contributed by atoms with Gasteiger partial charge in [0.2, 0.25) is 0 Å². The van der Waals surface area contributed by atoms with Crippen molar-refractivity contribution in [2.45, 2.75) is 64.4 Å². The summed E-state index contributed by atoms with van der Waals surface area (Å²) < 4.78 is 102. The average Bonchev–Trinajstić information content (AvgIpc) is 3.20. The lowest BCUT2D eigenvalue weighted by atomic mass is 10.1. The van der Waals surface area contributed by atoms with E-state index in [9.17, 15) is 31.3 Å². The van der Waals surface area contributed by atoms with Gasteiger partial charge in [-0.15, -0.1) is 0 Å². The van der Waals surface area contributed by atoms with Gasteiger partial charge < -0.3 is 18.3 Å². The number of aromatic nitrogens is 2. The predicted molar refractivity (Wildman–Crippen MR) is 113 cm³/mol. The van der Waals surface area contributed by atoms with Crippen molar-refractivity contribution in [2.75, 3.05) is 13.2 Å². The molecule has 2 aromatic rings. The standard InChI is InChI=1S/C21H26F5N2O6P/c1-6-31-35(30,32-7-2)15(17(29)33-19(3,4)5)12-16-27-18(34-28-16)20(22,23)13-8-10-14(11-9-13)21(24,25)26/h8-11,15H,6-7,12H2,1-5H3. The number of esters is 1. The van der Waals surface area contributed by atoms with Gasteiger partial charge in [-0.1, -0.05) is 17.3 Å². The second kappa shape index (κ2) is 10.7. The van der Waals surface area contributed by atoms with E-state index in [-0.39, 0.29) is 13.2 Å². The van der Waals surface area contributed by atoms with Gasteiger partial charge >= 0.3 is 31.6 Å². The van der Waals surface area contributed by atoms with Crippen LogP contribution in [0.3, 0.4) is 0 Å². The summed E-state index contributed by atoms with van der Waals surface area (Å²) in [4.78, 5) is 16.4. The van der Waals surface area contributed by atoms with Crippen molar-refractivity contribution in [3.63, 3.8) is 0 Å². The Morgan fingerprint density at radius 2 is 1.51 bits per heavy atom. The van der Waals surface area contributed by atoms with E-state index < -0.39 is 66.2 Å². The van der Waals surface area contributed by atoms with Crippen molar-refractivity contribution in [1.29, 1.82) is 0 Å². The fraction of sp³-hybridized carbons (Fsp3) is 0.571. The van der Waals surface area contributed by atoms with E-state index in [2.05, 4.69) is 14.7 Å². The Morgan fingerprint density at radius 3 is 1.97 bits per heavy atom. The quantitative estimate of drug-likeness (QED) is 0.218. The van der Waals surface area contributed by atoms with E-state index in [0.29, 0.717) is 24.3 Å². The maximum atomic E-state index is 14.9. The molecule has 0 amide bonds. The van der Waals surface area contributed by atoms with E-state index >= 15 is 0 Å². The van der Waals surface area contributed by atoms with Gasteiger partial charge in [0, 0.05) is 12.0 Å². The van der Waals surface area contributed by atoms with Crippen LogP contribution in [0.25, 0.3) is 0 Å². The van der Waals surface area contributed by atoms with E-state index in [0.717, 1.165) is 0 Å². The maximum Gasteiger partial charge on any atom is 0.416 e. The van der Waals surface area contributed by atoms with Crippen LogP contribution in [0.2, 0.25) is 0 Å². The minimum atomic E-state index is -4.70. The molecule has 14 heteroatoms. The molecule has 0 radical (unpaired) electrons. The van der Waals surface area contributed by atoms with E-state index in [1.165, 1.54) is 13.8 Å². The van der Waals surface area contributed by atoms with Crippen molar-refractivity contribution in [3.8, 4) is 0 Å². The van der Waals surface area contributed by atoms with Crippen LogP contribution in [0.5, 0.6) is 0 Å². The lowest BCUT2D eigenvalue weighted by molar-refractivity contribution is -0.154. The van der Waals surface area contributed by atoms with Gasteiger partial charge in [-0.3, -0.25) is 9.36 Å². The van der Waals surface area contributed by atoms with Crippen molar-refractivity contribution < 1.29 is 49.6 Å². The number of hydrogen-bond donors (Lipinski definition) is 0. The predicted octanol–water partition coefficient (Wildman–Crippen LogP) is 5.75. The summed E-state index contributed by atoms with van der Waals surface area (Å²) in [6, 6.07) is 2.18. The van der Waals surface area contributed by atoms with Gasteiger partial charge in [0.25, 0.3) is 0 Å². The zero-order chi connectivity index (χ0) is 26.7. The van der Waals surface area contributed by atoms with Crippen molar-refractivity contribution >= 4 is 13.6 Å². The normalized spacial score (nSPS) is 14.1. The molecule has 8 nitrogen and oxygen atoms in total. The second-order valence-corrected chi connectivity index (χ2v) is 10.5. The van der Waals surface area contributed by atoms with Crippen LogP contribution in [0.15, 0.2) is 28.8 Å². The molecule has 0 aliphatic rings. The Labute approximate surface area is 198 Å². The van der Waals surface area contributed by atoms with Crippen LogP contribution in [0.1, 0.15) is 57.5 Å². The SMILES string of the molecule is CCOP(=O)(OCC)C(Cc1noc(C(F)(F)c2ccc(C(F)(F)F)cc2)n1)C(=O)OC(C)(C)C. The molecule has 0 aliphatic heterocycles. The van der Waals surface area contributed by atoms with Gasteiger partial charge in [-0.05, 0) is 46.8 Å². The van der Waals surface area contributed by atoms with Gasteiger partial charge in [-0.25, -0.2) is 0 Å². The molecule has 0 bridgehead atoms. The van der Waals surface area contributed by atoms with Crippen LogP contribution in [-0.4, -0.2) is 40.6 Å². The molecule has 35 heavy (non-hydrogen) atoms. The number of nitrogens with zero attached hydrogens (tertiary/aromatic N) is 2. The number of alkyl halides is 5. The molecule has 0 aliphatic carbocycles. The largest absolute Gasteiger partial charge is 0.459 e. The van der Waals surface area contributed by atoms with Gasteiger partial charge in [0.05, 0.1) is 18.8 Å². The van der Waals surface area contributed by atoms with Crippen LogP contribution in [0, 0.1) is 0 Å². The Kier molecular flexibility index (Phi) is 8.84. The molecule has 1 aromatic heterocycles. The van der Waals surface area contributed by atoms with E-state index in [4.69, 9.17) is 13.8 Å². The molecular weight excluding hydrogens is 502 g/mol. The monoisotopic (exact) mass is 528 g/mol. The minimum Gasteiger partial charge on any atom is -0.459 e. The molecule has 196 valence electrons. The average molecular weight is 528 g/mol. The zero-order valence-electron chi connectivity index (χ0n) is 19.7. The number of carbonyl (C=O) groups excluding carboxylic acids is 1. The van der Waals surface area contributed by atoms with Crippen LogP contribution < -0.4 is 0 Å². The Hall–Kier alpha value is -2.37. The van der Waals surface area contributed by atoms with Crippen molar-refractivity contribution in [2.24, 2.45) is 0 Å². The third-order valence-corrected chi connectivity index (χ3v) is 6.76. The third kappa shape index (κ3) is 7.31. The Bertz CT molecular complexity index is 1040. The van der Waals surface area contributed by atoms with E-state index in [1.54, 1.807) is 20.8 Å². The van der Waals surface area contributed by atoms with Gasteiger partial charge in [0.15, 0.2) is 11.5 Å². The molecule has 1 heterocycles. The summed E-state index contributed by atoms with van der Waals surface area (Å²) in [5.41, 5.74) is -4.49. The molecule has 0 saturated carbocycles. The lowest BCUT2D eigenvalue weighted by Crippen LogP contribution is -2.34. The second-order valence-electron chi connectivity index (χ2n) is 8.29. The summed E-state index contributed by atoms with van der Waals surface area (Å²) >= 11 is 0. The highest BCUT2D eigenvalue weighted by molar-refractivity contribution is 7.55. The lowest BCUT2D eigenvalue weighted by Gasteiger charge is -2.27. The molecule has 0 spiro atoms. The molecule has 0 N–H and O–H groups in total. The van der Waals surface area contributed by atoms with Crippen molar-refractivity contribution in [3.05, 3.63) is 47.1 Å². The van der Waals surface area contributed by atoms with Crippen LogP contribution >= 0.6 is 7.60 Å². The molecule has 1 aromatic carbocycles. The first-order chi connectivity index (χ1) is 16.0. The maximum absolute atomic E-state index is 14.9. The fourth-order valence-corrected chi connectivity index (χ4v) is 4.75. The molecule has 1 atom stereocenters. The molecule has 0 saturated heterocycles. The fourth-order valence-electron chi connectivity index (χ4n) is 2.90. The van der Waals surface area contributed by atoms with Gasteiger partial charge in [-0.2, -0.15) is 26.9 Å². The topological polar surface area (TPSA) is 101 Å². The van der Waals surface area contributed by atoms with Crippen LogP contribution in [0.4, 0.5) is 22.0 Å². The van der Waals surface area contributed by atoms with Crippen LogP contribution in [-0.2, 0) is 41.7 Å². The number of ether oxygens (including phenoxy) is 1. The first-order valence-electron chi connectivity index (χ1n) is 10.5. The molecule has 0 fully saturated rings. The Balaban J connectivity index is 2.37. The number of rotatable bonds is 10. The first kappa shape index (κ1) is 28.9. The highest BCUT2D eigenvalue weighted by Gasteiger charge is 2.46. The molecule has 1 unspecified atom stereocenters. The number of halogens is 5. The highest BCUT2D eigenvalue weighted by Crippen LogP contribution is 2.54. The minimum absolute atomic E-state index is 0.0833. The van der Waals surface area contributed by atoms with E-state index in [1.807, 2.05) is 0 Å². The number of carbonyl (C=O) groups is 1. The molecular formula is C21H26F5N2O6P. The Morgan fingerprint density at radius 1 is 1.00 bits per heavy atom.